The van der Waals surface area contributed by atoms with Crippen molar-refractivity contribution in [2.45, 2.75) is 6.04 Å². The van der Waals surface area contributed by atoms with E-state index in [2.05, 4.69) is 10.6 Å². The van der Waals surface area contributed by atoms with Crippen LogP contribution in [0.15, 0.2) is 24.3 Å². The fourth-order valence-corrected chi connectivity index (χ4v) is 2.60. The summed E-state index contributed by atoms with van der Waals surface area (Å²) in [4.78, 5) is 13.9. The molecule has 0 saturated carbocycles. The first-order valence-electron chi connectivity index (χ1n) is 5.56. The van der Waals surface area contributed by atoms with E-state index in [-0.39, 0.29) is 11.9 Å². The maximum atomic E-state index is 11.9. The van der Waals surface area contributed by atoms with Gasteiger partial charge in [0.05, 0.1) is 6.04 Å². The Hall–Kier alpha value is -1.20. The first-order chi connectivity index (χ1) is 8.16. The molecule has 1 fully saturated rings. The number of nitrogens with zero attached hydrogens (tertiary/aromatic N) is 1. The van der Waals surface area contributed by atoms with Crippen LogP contribution in [0.4, 0.5) is 11.4 Å². The highest BCUT2D eigenvalue weighted by Gasteiger charge is 2.22. The van der Waals surface area contributed by atoms with Crippen molar-refractivity contribution in [2.24, 2.45) is 0 Å². The van der Waals surface area contributed by atoms with Gasteiger partial charge in [0.1, 0.15) is 0 Å². The second-order valence-corrected chi connectivity index (χ2v) is 5.24. The third-order valence-corrected chi connectivity index (χ3v) is 3.60. The van der Waals surface area contributed by atoms with Crippen LogP contribution in [0, 0.1) is 0 Å². The van der Waals surface area contributed by atoms with Gasteiger partial charge in [0.15, 0.2) is 0 Å². The lowest BCUT2D eigenvalue weighted by Crippen LogP contribution is -2.37. The highest BCUT2D eigenvalue weighted by molar-refractivity contribution is 7.99. The molecule has 17 heavy (non-hydrogen) atoms. The summed E-state index contributed by atoms with van der Waals surface area (Å²) < 4.78 is 0. The highest BCUT2D eigenvalue weighted by Crippen LogP contribution is 2.18. The zero-order valence-corrected chi connectivity index (χ0v) is 10.9. The van der Waals surface area contributed by atoms with Gasteiger partial charge in [-0.3, -0.25) is 10.1 Å². The molecule has 1 aromatic carbocycles. The lowest BCUT2D eigenvalue weighted by molar-refractivity contribution is -0.117. The van der Waals surface area contributed by atoms with Gasteiger partial charge in [-0.1, -0.05) is 6.07 Å². The summed E-state index contributed by atoms with van der Waals surface area (Å²) in [6.45, 7) is 0. The molecule has 2 N–H and O–H groups in total. The quantitative estimate of drug-likeness (QED) is 0.851. The van der Waals surface area contributed by atoms with E-state index in [4.69, 9.17) is 0 Å². The number of thioether (sulfide) groups is 1. The van der Waals surface area contributed by atoms with Crippen molar-refractivity contribution in [3.05, 3.63) is 24.3 Å². The third kappa shape index (κ3) is 3.14. The Morgan fingerprint density at radius 2 is 2.35 bits per heavy atom. The molecule has 0 bridgehead atoms. The molecular formula is C12H17N3OS. The van der Waals surface area contributed by atoms with E-state index in [0.29, 0.717) is 0 Å². The molecule has 4 nitrogen and oxygen atoms in total. The molecule has 1 amide bonds. The van der Waals surface area contributed by atoms with Crippen LogP contribution in [0.5, 0.6) is 0 Å². The van der Waals surface area contributed by atoms with Crippen molar-refractivity contribution in [3.8, 4) is 0 Å². The fraction of sp³-hybridized carbons (Fsp3) is 0.417. The van der Waals surface area contributed by atoms with Crippen LogP contribution >= 0.6 is 11.8 Å². The molecule has 1 heterocycles. The van der Waals surface area contributed by atoms with E-state index in [1.165, 1.54) is 0 Å². The average Bonchev–Trinajstić information content (AvgIpc) is 2.82. The molecule has 1 unspecified atom stereocenters. The minimum Gasteiger partial charge on any atom is -0.378 e. The number of hydrogen-bond donors (Lipinski definition) is 2. The lowest BCUT2D eigenvalue weighted by Gasteiger charge is -2.15. The minimum absolute atomic E-state index is 0.0471. The normalized spacial score (nSPS) is 19.1. The van der Waals surface area contributed by atoms with E-state index in [0.717, 1.165) is 23.0 Å². The predicted molar refractivity (Wildman–Crippen MR) is 73.6 cm³/mol. The van der Waals surface area contributed by atoms with E-state index < -0.39 is 0 Å². The Balaban J connectivity index is 2.02. The SMILES string of the molecule is CN(C)c1cccc(NC(=O)C2CSCN2)c1. The summed E-state index contributed by atoms with van der Waals surface area (Å²) in [6, 6.07) is 7.77. The van der Waals surface area contributed by atoms with Crippen LogP contribution < -0.4 is 15.5 Å². The van der Waals surface area contributed by atoms with E-state index >= 15 is 0 Å². The standard InChI is InChI=1S/C12H17N3OS/c1-15(2)10-5-3-4-9(6-10)14-12(16)11-7-17-8-13-11/h3-6,11,13H,7-8H2,1-2H3,(H,14,16). The molecule has 1 atom stereocenters. The zero-order chi connectivity index (χ0) is 12.3. The van der Waals surface area contributed by atoms with Crippen molar-refractivity contribution < 1.29 is 4.79 Å². The molecule has 5 heteroatoms. The number of carbonyl (C=O) groups is 1. The summed E-state index contributed by atoms with van der Waals surface area (Å²) in [7, 11) is 3.96. The molecule has 0 aromatic heterocycles. The Bertz CT molecular complexity index is 402. The lowest BCUT2D eigenvalue weighted by atomic mass is 10.2. The monoisotopic (exact) mass is 251 g/mol. The number of anilines is 2. The van der Waals surface area contributed by atoms with Crippen molar-refractivity contribution in [1.82, 2.24) is 5.32 Å². The Labute approximate surface area is 106 Å². The largest absolute Gasteiger partial charge is 0.378 e. The van der Waals surface area contributed by atoms with E-state index in [1.54, 1.807) is 11.8 Å². The first kappa shape index (κ1) is 12.3. The topological polar surface area (TPSA) is 44.4 Å². The molecule has 2 rings (SSSR count). The van der Waals surface area contributed by atoms with Gasteiger partial charge in [-0.25, -0.2) is 0 Å². The van der Waals surface area contributed by atoms with Crippen LogP contribution in [-0.4, -0.2) is 37.7 Å². The Morgan fingerprint density at radius 3 is 3.00 bits per heavy atom. The van der Waals surface area contributed by atoms with Crippen LogP contribution in [0.3, 0.4) is 0 Å². The Kier molecular flexibility index (Phi) is 3.91. The molecule has 0 radical (unpaired) electrons. The van der Waals surface area contributed by atoms with E-state index in [1.807, 2.05) is 43.3 Å². The molecular weight excluding hydrogens is 234 g/mol. The van der Waals surface area contributed by atoms with Crippen LogP contribution in [0.1, 0.15) is 0 Å². The maximum Gasteiger partial charge on any atom is 0.242 e. The van der Waals surface area contributed by atoms with Crippen molar-refractivity contribution in [1.29, 1.82) is 0 Å². The van der Waals surface area contributed by atoms with Crippen molar-refractivity contribution in [3.63, 3.8) is 0 Å². The molecule has 1 saturated heterocycles. The fourth-order valence-electron chi connectivity index (χ4n) is 1.65. The highest BCUT2D eigenvalue weighted by atomic mass is 32.2. The van der Waals surface area contributed by atoms with Gasteiger partial charge in [-0.05, 0) is 18.2 Å². The van der Waals surface area contributed by atoms with E-state index in [9.17, 15) is 4.79 Å². The summed E-state index contributed by atoms with van der Waals surface area (Å²) in [5.74, 6) is 1.75. The smallest absolute Gasteiger partial charge is 0.242 e. The van der Waals surface area contributed by atoms with Crippen molar-refractivity contribution >= 4 is 29.0 Å². The number of nitrogens with one attached hydrogen (secondary N) is 2. The first-order valence-corrected chi connectivity index (χ1v) is 6.71. The summed E-state index contributed by atoms with van der Waals surface area (Å²) in [5.41, 5.74) is 1.93. The van der Waals surface area contributed by atoms with Crippen LogP contribution in [0.2, 0.25) is 0 Å². The molecule has 0 spiro atoms. The van der Waals surface area contributed by atoms with Crippen molar-refractivity contribution in [2.75, 3.05) is 35.9 Å². The predicted octanol–water partition coefficient (Wildman–Crippen LogP) is 1.35. The number of amides is 1. The van der Waals surface area contributed by atoms with Crippen LogP contribution in [-0.2, 0) is 4.79 Å². The van der Waals surface area contributed by atoms with Gasteiger partial charge in [-0.2, -0.15) is 0 Å². The molecule has 0 aliphatic carbocycles. The van der Waals surface area contributed by atoms with Crippen LogP contribution in [0.25, 0.3) is 0 Å². The number of benzene rings is 1. The summed E-state index contributed by atoms with van der Waals surface area (Å²) >= 11 is 1.75. The average molecular weight is 251 g/mol. The van der Waals surface area contributed by atoms with Gasteiger partial charge in [-0.15, -0.1) is 11.8 Å². The van der Waals surface area contributed by atoms with Gasteiger partial charge < -0.3 is 10.2 Å². The zero-order valence-electron chi connectivity index (χ0n) is 10.1. The number of carbonyl (C=O) groups excluding carboxylic acids is 1. The van der Waals surface area contributed by atoms with Gasteiger partial charge >= 0.3 is 0 Å². The molecule has 1 aliphatic heterocycles. The molecule has 1 aliphatic rings. The second kappa shape index (κ2) is 5.42. The Morgan fingerprint density at radius 1 is 1.53 bits per heavy atom. The number of rotatable bonds is 3. The molecule has 1 aromatic rings. The molecule has 92 valence electrons. The summed E-state index contributed by atoms with van der Waals surface area (Å²) in [5, 5.41) is 6.09. The third-order valence-electron chi connectivity index (χ3n) is 2.66. The minimum atomic E-state index is -0.0667. The second-order valence-electron chi connectivity index (χ2n) is 4.21. The maximum absolute atomic E-state index is 11.9. The van der Waals surface area contributed by atoms with Gasteiger partial charge in [0, 0.05) is 37.1 Å². The number of hydrogen-bond acceptors (Lipinski definition) is 4. The van der Waals surface area contributed by atoms with Gasteiger partial charge in [0.2, 0.25) is 5.91 Å². The van der Waals surface area contributed by atoms with Gasteiger partial charge in [0.25, 0.3) is 0 Å². The summed E-state index contributed by atoms with van der Waals surface area (Å²) in [6.07, 6.45) is 0.